The quantitative estimate of drug-likeness (QED) is 0.302. The molecule has 0 amide bonds. The fraction of sp³-hybridized carbons (Fsp3) is 0.348. The van der Waals surface area contributed by atoms with Gasteiger partial charge in [0.2, 0.25) is 5.78 Å². The number of rotatable bonds is 6. The van der Waals surface area contributed by atoms with Gasteiger partial charge in [0, 0.05) is 18.1 Å². The fourth-order valence-corrected chi connectivity index (χ4v) is 4.74. The van der Waals surface area contributed by atoms with Crippen LogP contribution in [0.1, 0.15) is 31.2 Å². The van der Waals surface area contributed by atoms with Crippen LogP contribution in [-0.4, -0.2) is 31.9 Å². The molecule has 4 nitrogen and oxygen atoms in total. The molecule has 0 N–H and O–H groups in total. The van der Waals surface area contributed by atoms with Crippen LogP contribution >= 0.6 is 23.2 Å². The normalized spacial score (nSPS) is 14.8. The second-order valence-electron chi connectivity index (χ2n) is 8.23. The molecule has 0 atom stereocenters. The van der Waals surface area contributed by atoms with Gasteiger partial charge in [-0.05, 0) is 55.6 Å². The lowest BCUT2D eigenvalue weighted by Gasteiger charge is -2.21. The highest BCUT2D eigenvalue weighted by molar-refractivity contribution is 6.35. The summed E-state index contributed by atoms with van der Waals surface area (Å²) < 4.78 is 45.6. The Morgan fingerprint density at radius 3 is 2.44 bits per heavy atom. The van der Waals surface area contributed by atoms with Crippen LogP contribution in [-0.2, 0) is 12.7 Å². The summed E-state index contributed by atoms with van der Waals surface area (Å²) in [4.78, 5) is 6.19. The Labute approximate surface area is 193 Å². The predicted octanol–water partition coefficient (Wildman–Crippen LogP) is 6.84. The number of hydrogen-bond acceptors (Lipinski definition) is 2. The van der Waals surface area contributed by atoms with Crippen molar-refractivity contribution >= 4 is 40.0 Å². The molecule has 1 saturated carbocycles. The smallest absolute Gasteiger partial charge is 0.298 e. The first-order valence-electron chi connectivity index (χ1n) is 10.5. The highest BCUT2D eigenvalue weighted by atomic mass is 35.5. The molecule has 0 aliphatic heterocycles. The van der Waals surface area contributed by atoms with E-state index in [0.29, 0.717) is 33.7 Å². The maximum Gasteiger partial charge on any atom is 0.435 e. The summed E-state index contributed by atoms with van der Waals surface area (Å²) in [6, 6.07) is 12.3. The third-order valence-electron chi connectivity index (χ3n) is 5.97. The molecule has 0 radical (unpaired) electrons. The van der Waals surface area contributed by atoms with Crippen molar-refractivity contribution in [3.05, 3.63) is 63.9 Å². The monoisotopic (exact) mass is 480 g/mol. The molecule has 9 heteroatoms. The molecule has 1 fully saturated rings. The van der Waals surface area contributed by atoms with E-state index >= 15 is 0 Å². The van der Waals surface area contributed by atoms with Gasteiger partial charge in [0.1, 0.15) is 0 Å². The van der Waals surface area contributed by atoms with Gasteiger partial charge >= 0.3 is 6.18 Å². The number of imidazole rings is 2. The van der Waals surface area contributed by atoms with Crippen molar-refractivity contribution in [2.45, 2.75) is 32.5 Å². The molecule has 1 aliphatic carbocycles. The molecule has 0 bridgehead atoms. The predicted molar refractivity (Wildman–Crippen MR) is 121 cm³/mol. The van der Waals surface area contributed by atoms with Crippen molar-refractivity contribution in [2.24, 2.45) is 5.92 Å². The molecule has 32 heavy (non-hydrogen) atoms. The average molecular weight is 481 g/mol. The summed E-state index contributed by atoms with van der Waals surface area (Å²) >= 11 is 12.5. The lowest BCUT2D eigenvalue weighted by atomic mass is 10.2. The highest BCUT2D eigenvalue weighted by Gasteiger charge is 2.40. The van der Waals surface area contributed by atoms with Crippen LogP contribution in [0.5, 0.6) is 0 Å². The maximum absolute atomic E-state index is 14.1. The standard InChI is InChI=1S/C23H21Cl2F3N4/c1-2-30(12-14-7-8-14)13-20-21(23(26,27)28)29-22-31(17-10-9-15(24)11-16(17)25)18-5-3-4-6-19(18)32(20)22/h3-6,9-11,14H,2,7-8,12-13H2,1H3. The Kier molecular flexibility index (Phi) is 5.39. The van der Waals surface area contributed by atoms with Gasteiger partial charge in [-0.1, -0.05) is 42.3 Å². The molecule has 2 heterocycles. The number of benzene rings is 2. The maximum atomic E-state index is 14.1. The Balaban J connectivity index is 1.79. The Morgan fingerprint density at radius 1 is 1.09 bits per heavy atom. The summed E-state index contributed by atoms with van der Waals surface area (Å²) in [5, 5.41) is 0.785. The van der Waals surface area contributed by atoms with Gasteiger partial charge in [-0.15, -0.1) is 0 Å². The SMILES string of the molecule is CCN(Cc1c(C(F)(F)F)nc2n(-c3ccc(Cl)cc3Cl)c3ccccc3n12)CC1CC1. The van der Waals surface area contributed by atoms with E-state index in [0.717, 1.165) is 24.9 Å². The molecule has 4 aromatic rings. The first-order valence-corrected chi connectivity index (χ1v) is 11.3. The molecule has 0 spiro atoms. The largest absolute Gasteiger partial charge is 0.435 e. The third-order valence-corrected chi connectivity index (χ3v) is 6.51. The first-order chi connectivity index (χ1) is 15.3. The van der Waals surface area contributed by atoms with E-state index in [1.807, 2.05) is 31.2 Å². The molecule has 2 aromatic carbocycles. The summed E-state index contributed by atoms with van der Waals surface area (Å²) in [7, 11) is 0. The minimum Gasteiger partial charge on any atom is -0.298 e. The van der Waals surface area contributed by atoms with E-state index in [9.17, 15) is 13.2 Å². The zero-order chi connectivity index (χ0) is 22.6. The lowest BCUT2D eigenvalue weighted by molar-refractivity contribution is -0.141. The average Bonchev–Trinajstić information content (AvgIpc) is 3.39. The van der Waals surface area contributed by atoms with Gasteiger partial charge < -0.3 is 0 Å². The first kappa shape index (κ1) is 21.6. The van der Waals surface area contributed by atoms with Crippen molar-refractivity contribution in [1.82, 2.24) is 18.9 Å². The number of aromatic nitrogens is 3. The van der Waals surface area contributed by atoms with Gasteiger partial charge in [-0.3, -0.25) is 13.9 Å². The topological polar surface area (TPSA) is 25.5 Å². The van der Waals surface area contributed by atoms with Gasteiger partial charge in [-0.25, -0.2) is 4.98 Å². The van der Waals surface area contributed by atoms with Crippen LogP contribution in [0.25, 0.3) is 22.5 Å². The number of fused-ring (bicyclic) bond motifs is 3. The molecule has 5 rings (SSSR count). The summed E-state index contributed by atoms with van der Waals surface area (Å²) in [6.45, 7) is 3.61. The zero-order valence-electron chi connectivity index (χ0n) is 17.3. The number of para-hydroxylation sites is 2. The Hall–Kier alpha value is -2.22. The van der Waals surface area contributed by atoms with Gasteiger partial charge in [0.05, 0.1) is 27.4 Å². The molecular formula is C23H21Cl2F3N4. The number of halogens is 5. The van der Waals surface area contributed by atoms with Crippen LogP contribution in [0.3, 0.4) is 0 Å². The molecule has 168 valence electrons. The minimum absolute atomic E-state index is 0.148. The number of nitrogens with zero attached hydrogens (tertiary/aromatic N) is 4. The van der Waals surface area contributed by atoms with E-state index in [1.165, 1.54) is 0 Å². The molecule has 2 aromatic heterocycles. The zero-order valence-corrected chi connectivity index (χ0v) is 18.8. The minimum atomic E-state index is -4.57. The van der Waals surface area contributed by atoms with Crippen LogP contribution in [0.2, 0.25) is 10.0 Å². The van der Waals surface area contributed by atoms with Crippen molar-refractivity contribution in [2.75, 3.05) is 13.1 Å². The Morgan fingerprint density at radius 2 is 1.81 bits per heavy atom. The molecule has 1 aliphatic rings. The second-order valence-corrected chi connectivity index (χ2v) is 9.07. The van der Waals surface area contributed by atoms with Gasteiger partial charge in [0.15, 0.2) is 5.69 Å². The Bertz CT molecular complexity index is 1300. The summed E-state index contributed by atoms with van der Waals surface area (Å²) in [5.41, 5.74) is 1.19. The van der Waals surface area contributed by atoms with E-state index in [-0.39, 0.29) is 18.0 Å². The van der Waals surface area contributed by atoms with E-state index in [1.54, 1.807) is 27.2 Å². The van der Waals surface area contributed by atoms with Crippen molar-refractivity contribution in [3.8, 4) is 5.69 Å². The highest BCUT2D eigenvalue weighted by Crippen LogP contribution is 2.38. The van der Waals surface area contributed by atoms with Crippen molar-refractivity contribution in [1.29, 1.82) is 0 Å². The van der Waals surface area contributed by atoms with Crippen molar-refractivity contribution < 1.29 is 13.2 Å². The number of hydrogen-bond donors (Lipinski definition) is 0. The van der Waals surface area contributed by atoms with Crippen LogP contribution < -0.4 is 0 Å². The number of alkyl halides is 3. The van der Waals surface area contributed by atoms with E-state index < -0.39 is 11.9 Å². The van der Waals surface area contributed by atoms with Crippen molar-refractivity contribution in [3.63, 3.8) is 0 Å². The van der Waals surface area contributed by atoms with E-state index in [2.05, 4.69) is 9.88 Å². The van der Waals surface area contributed by atoms with Gasteiger partial charge in [0.25, 0.3) is 0 Å². The van der Waals surface area contributed by atoms with Crippen LogP contribution in [0.4, 0.5) is 13.2 Å². The van der Waals surface area contributed by atoms with Crippen LogP contribution in [0.15, 0.2) is 42.5 Å². The lowest BCUT2D eigenvalue weighted by Crippen LogP contribution is -2.27. The van der Waals surface area contributed by atoms with E-state index in [4.69, 9.17) is 23.2 Å². The second kappa shape index (κ2) is 7.97. The molecule has 0 saturated heterocycles. The fourth-order valence-electron chi connectivity index (χ4n) is 4.25. The molecule has 0 unspecified atom stereocenters. The third kappa shape index (κ3) is 3.76. The summed E-state index contributed by atoms with van der Waals surface area (Å²) in [5.74, 6) is 0.752. The van der Waals surface area contributed by atoms with Crippen LogP contribution in [0, 0.1) is 5.92 Å². The van der Waals surface area contributed by atoms with Gasteiger partial charge in [-0.2, -0.15) is 13.2 Å². The molecular weight excluding hydrogens is 460 g/mol. The summed E-state index contributed by atoms with van der Waals surface area (Å²) in [6.07, 6.45) is -2.30.